The third kappa shape index (κ3) is 13.2. The number of rotatable bonds is 0. The molecule has 2 aliphatic rings. The first-order chi connectivity index (χ1) is 13.9. The molecule has 0 aromatic heterocycles. The fourth-order valence-corrected chi connectivity index (χ4v) is 2.75. The van der Waals surface area contributed by atoms with Crippen LogP contribution in [0.15, 0.2) is 97.1 Å². The molecule has 2 aromatic carbocycles. The van der Waals surface area contributed by atoms with Crippen molar-refractivity contribution in [2.24, 2.45) is 0 Å². The van der Waals surface area contributed by atoms with Gasteiger partial charge >= 0.3 is 30.2 Å². The maximum atomic E-state index is 3.27. The summed E-state index contributed by atoms with van der Waals surface area (Å²) >= 11 is 1.58. The molecule has 0 saturated carbocycles. The van der Waals surface area contributed by atoms with Crippen molar-refractivity contribution in [1.82, 2.24) is 0 Å². The Morgan fingerprint density at radius 3 is 1.31 bits per heavy atom. The summed E-state index contributed by atoms with van der Waals surface area (Å²) < 4.78 is 0. The van der Waals surface area contributed by atoms with Crippen molar-refractivity contribution in [2.75, 3.05) is 0 Å². The third-order valence-corrected chi connectivity index (χ3v) is 4.08. The van der Waals surface area contributed by atoms with E-state index in [4.69, 9.17) is 0 Å². The summed E-state index contributed by atoms with van der Waals surface area (Å²) in [6.45, 7) is 1.95. The van der Waals surface area contributed by atoms with E-state index in [0.717, 1.165) is 12.8 Å². The molecule has 0 nitrogen and oxygen atoms in total. The van der Waals surface area contributed by atoms with Crippen molar-refractivity contribution in [3.8, 4) is 0 Å². The van der Waals surface area contributed by atoms with Gasteiger partial charge in [-0.05, 0) is 12.8 Å². The average Bonchev–Trinajstić information content (AvgIpc) is 3.39. The minimum absolute atomic E-state index is 0. The summed E-state index contributed by atoms with van der Waals surface area (Å²) in [4.78, 5) is 0. The SMILES string of the molecule is Cl.Cl.[CH3-].[CH3-].[SiH2]=[Zr].[c-]1cccccccc2c1CC=C2.[c-]1cccccccc2c1CC=C2. The van der Waals surface area contributed by atoms with E-state index in [-0.39, 0.29) is 39.7 Å². The molecule has 170 valence electrons. The van der Waals surface area contributed by atoms with Gasteiger partial charge in [0.2, 0.25) is 0 Å². The molecule has 0 radical (unpaired) electrons. The van der Waals surface area contributed by atoms with E-state index in [1.54, 1.807) is 23.3 Å². The van der Waals surface area contributed by atoms with E-state index >= 15 is 0 Å². The Labute approximate surface area is 224 Å². The van der Waals surface area contributed by atoms with Gasteiger partial charge in [-0.2, -0.15) is 47.5 Å². The monoisotopic (exact) mass is 556 g/mol. The van der Waals surface area contributed by atoms with Crippen LogP contribution in [-0.2, 0) is 36.2 Å². The number of halogens is 2. The van der Waals surface area contributed by atoms with E-state index in [0.29, 0.717) is 0 Å². The van der Waals surface area contributed by atoms with E-state index in [1.807, 2.05) is 67.5 Å². The molecule has 4 rings (SSSR count). The molecule has 0 aliphatic heterocycles. The first kappa shape index (κ1) is 35.2. The molecule has 0 unspecified atom stereocenters. The number of allylic oxidation sites excluding steroid dienone is 2. The van der Waals surface area contributed by atoms with Crippen molar-refractivity contribution in [1.29, 1.82) is 0 Å². The van der Waals surface area contributed by atoms with Crippen LogP contribution >= 0.6 is 24.8 Å². The van der Waals surface area contributed by atoms with Crippen LogP contribution in [0.3, 0.4) is 0 Å². The molecular formula is C28H32Cl2SiZr-4. The van der Waals surface area contributed by atoms with Gasteiger partial charge in [0.15, 0.2) is 0 Å². The average molecular weight is 559 g/mol. The van der Waals surface area contributed by atoms with Gasteiger partial charge in [0.1, 0.15) is 0 Å². The Morgan fingerprint density at radius 2 is 0.906 bits per heavy atom. The Morgan fingerprint density at radius 1 is 0.562 bits per heavy atom. The molecule has 4 heteroatoms. The maximum absolute atomic E-state index is 3.27. The summed E-state index contributed by atoms with van der Waals surface area (Å²) in [5, 5.41) is 0. The summed E-state index contributed by atoms with van der Waals surface area (Å²) in [7, 11) is 0. The molecule has 0 saturated heterocycles. The van der Waals surface area contributed by atoms with Crippen molar-refractivity contribution in [2.45, 2.75) is 12.8 Å². The topological polar surface area (TPSA) is 0 Å². The van der Waals surface area contributed by atoms with Crippen molar-refractivity contribution >= 4 is 43.8 Å². The van der Waals surface area contributed by atoms with Crippen LogP contribution in [0.2, 0.25) is 0 Å². The molecule has 0 spiro atoms. The van der Waals surface area contributed by atoms with Crippen LogP contribution in [0.4, 0.5) is 0 Å². The van der Waals surface area contributed by atoms with Crippen LogP contribution < -0.4 is 0 Å². The molecule has 2 aliphatic carbocycles. The van der Waals surface area contributed by atoms with Crippen LogP contribution in [0.5, 0.6) is 0 Å². The molecule has 0 fully saturated rings. The summed E-state index contributed by atoms with van der Waals surface area (Å²) in [5.74, 6) is 0. The number of fused-ring (bicyclic) bond motifs is 2. The van der Waals surface area contributed by atoms with Gasteiger partial charge in [-0.1, -0.05) is 48.6 Å². The van der Waals surface area contributed by atoms with Gasteiger partial charge in [0.05, 0.1) is 0 Å². The predicted molar refractivity (Wildman–Crippen MR) is 147 cm³/mol. The molecule has 32 heavy (non-hydrogen) atoms. The van der Waals surface area contributed by atoms with Crippen molar-refractivity contribution in [3.63, 3.8) is 0 Å². The first-order valence-corrected chi connectivity index (χ1v) is 15.2. The molecule has 0 heterocycles. The Bertz CT molecular complexity index is 863. The fourth-order valence-electron chi connectivity index (χ4n) is 2.75. The Kier molecular flexibility index (Phi) is 25.0. The number of hydrogen-bond acceptors (Lipinski definition) is 0. The Balaban J connectivity index is -0.000000437. The largest absolute Gasteiger partial charge is 0.179 e. The van der Waals surface area contributed by atoms with Gasteiger partial charge < -0.3 is 14.9 Å². The third-order valence-electron chi connectivity index (χ3n) is 4.08. The maximum Gasteiger partial charge on any atom is -0.0327 e. The van der Waals surface area contributed by atoms with Gasteiger partial charge in [-0.3, -0.25) is 0 Å². The van der Waals surface area contributed by atoms with Gasteiger partial charge in [-0.15, -0.1) is 72.4 Å². The van der Waals surface area contributed by atoms with Gasteiger partial charge in [0, 0.05) is 0 Å². The van der Waals surface area contributed by atoms with Crippen molar-refractivity contribution < 1.29 is 23.3 Å². The van der Waals surface area contributed by atoms with Crippen LogP contribution in [0.1, 0.15) is 22.3 Å². The first-order valence-electron chi connectivity index (χ1n) is 9.28. The quantitative estimate of drug-likeness (QED) is 0.237. The van der Waals surface area contributed by atoms with Crippen LogP contribution in [0.25, 0.3) is 12.2 Å². The van der Waals surface area contributed by atoms with Gasteiger partial charge in [-0.25, -0.2) is 0 Å². The molecule has 2 aromatic rings. The Hall–Kier alpha value is -1.44. The van der Waals surface area contributed by atoms with E-state index in [2.05, 4.69) is 60.7 Å². The second-order valence-corrected chi connectivity index (χ2v) is 5.96. The van der Waals surface area contributed by atoms with Crippen LogP contribution in [-0.4, -0.2) is 6.88 Å². The van der Waals surface area contributed by atoms with E-state index in [9.17, 15) is 0 Å². The minimum atomic E-state index is 0. The fraction of sp³-hybridized carbons (Fsp3) is 0.0714. The zero-order valence-electron chi connectivity index (χ0n) is 18.8. The predicted octanol–water partition coefficient (Wildman–Crippen LogP) is 7.19. The van der Waals surface area contributed by atoms with E-state index in [1.165, 1.54) is 22.3 Å². The summed E-state index contributed by atoms with van der Waals surface area (Å²) in [6, 6.07) is 34.9. The zero-order valence-corrected chi connectivity index (χ0v) is 24.3. The molecular weight excluding hydrogens is 527 g/mol. The second-order valence-electron chi connectivity index (χ2n) is 5.96. The van der Waals surface area contributed by atoms with Crippen molar-refractivity contribution in [3.05, 3.63) is 146 Å². The zero-order chi connectivity index (χ0) is 19.9. The normalized spacial score (nSPS) is 9.84. The summed E-state index contributed by atoms with van der Waals surface area (Å²) in [6.07, 6.45) is 10.6. The smallest absolute Gasteiger partial charge is 0.0327 e. The van der Waals surface area contributed by atoms with E-state index < -0.39 is 0 Å². The number of hydrogen-bond donors (Lipinski definition) is 0. The second kappa shape index (κ2) is 22.7. The van der Waals surface area contributed by atoms with Gasteiger partial charge in [0.25, 0.3) is 0 Å². The molecule has 0 amide bonds. The standard InChI is InChI=1S/2C13H11.2CH3.2ClH.H2Si.Zr/c2*1-2-4-6-9-13-11-7-10-12(13)8-5-3-1;;;;;;/h2*1-8,10H,11H2;2*1H3;2*1H;1H2;/q4*-1;;;;. The molecule has 0 atom stereocenters. The summed E-state index contributed by atoms with van der Waals surface area (Å²) in [5.41, 5.74) is 5.10. The van der Waals surface area contributed by atoms with Crippen LogP contribution in [0, 0.1) is 27.0 Å². The molecule has 0 bridgehead atoms. The molecule has 0 N–H and O–H groups in total. The minimum Gasteiger partial charge on any atom is -0.179 e.